The number of amides is 1. The van der Waals surface area contributed by atoms with Crippen molar-refractivity contribution in [3.63, 3.8) is 0 Å². The second kappa shape index (κ2) is 5.27. The molecule has 0 saturated carbocycles. The summed E-state index contributed by atoms with van der Waals surface area (Å²) < 4.78 is 5.36. The number of hydrogen-bond donors (Lipinski definition) is 3. The van der Waals surface area contributed by atoms with Crippen LogP contribution >= 0.6 is 0 Å². The largest absolute Gasteiger partial charge is 0.492 e. The van der Waals surface area contributed by atoms with E-state index in [0.717, 1.165) is 5.56 Å². The lowest BCUT2D eigenvalue weighted by molar-refractivity contribution is -0.145. The number of aliphatic hydroxyl groups is 1. The van der Waals surface area contributed by atoms with Crippen LogP contribution in [0.5, 0.6) is 5.75 Å². The van der Waals surface area contributed by atoms with Gasteiger partial charge in [-0.3, -0.25) is 4.79 Å². The van der Waals surface area contributed by atoms with Gasteiger partial charge in [0.15, 0.2) is 6.04 Å². The highest BCUT2D eigenvalue weighted by atomic mass is 16.5. The van der Waals surface area contributed by atoms with Crippen LogP contribution in [0.15, 0.2) is 24.3 Å². The SMILES string of the molecule is CC(O)C(NC(=O)C1COc2ccccc21)C(=O)O. The number of hydrogen-bond acceptors (Lipinski definition) is 4. The zero-order valence-corrected chi connectivity index (χ0v) is 10.4. The molecule has 2 rings (SSSR count). The lowest BCUT2D eigenvalue weighted by atomic mass is 10.00. The van der Waals surface area contributed by atoms with Crippen LogP contribution in [0, 0.1) is 0 Å². The fourth-order valence-electron chi connectivity index (χ4n) is 2.02. The summed E-state index contributed by atoms with van der Waals surface area (Å²) in [5, 5.41) is 20.6. The summed E-state index contributed by atoms with van der Waals surface area (Å²) >= 11 is 0. The topological polar surface area (TPSA) is 95.9 Å². The number of rotatable bonds is 4. The Balaban J connectivity index is 2.12. The molecule has 3 N–H and O–H groups in total. The molecule has 1 amide bonds. The van der Waals surface area contributed by atoms with E-state index >= 15 is 0 Å². The molecule has 1 aromatic rings. The molecule has 6 nitrogen and oxygen atoms in total. The van der Waals surface area contributed by atoms with Gasteiger partial charge in [-0.1, -0.05) is 18.2 Å². The van der Waals surface area contributed by atoms with Crippen LogP contribution in [-0.2, 0) is 9.59 Å². The lowest BCUT2D eigenvalue weighted by Gasteiger charge is -2.19. The van der Waals surface area contributed by atoms with Gasteiger partial charge >= 0.3 is 5.97 Å². The van der Waals surface area contributed by atoms with Gasteiger partial charge in [0.25, 0.3) is 0 Å². The third kappa shape index (κ3) is 2.68. The first kappa shape index (κ1) is 13.4. The zero-order chi connectivity index (χ0) is 14.0. The Kier molecular flexibility index (Phi) is 3.71. The highest BCUT2D eigenvalue weighted by Crippen LogP contribution is 2.33. The number of carboxylic acids is 1. The summed E-state index contributed by atoms with van der Waals surface area (Å²) in [5.41, 5.74) is 0.731. The third-order valence-corrected chi connectivity index (χ3v) is 3.06. The highest BCUT2D eigenvalue weighted by molar-refractivity contribution is 5.89. The second-order valence-corrected chi connectivity index (χ2v) is 4.47. The van der Waals surface area contributed by atoms with E-state index in [-0.39, 0.29) is 6.61 Å². The summed E-state index contributed by atoms with van der Waals surface area (Å²) in [6, 6.07) is 5.79. The summed E-state index contributed by atoms with van der Waals surface area (Å²) in [5.74, 6) is -1.64. The van der Waals surface area contributed by atoms with Crippen molar-refractivity contribution in [2.75, 3.05) is 6.61 Å². The minimum Gasteiger partial charge on any atom is -0.492 e. The number of carbonyl (C=O) groups is 2. The number of carboxylic acid groups (broad SMARTS) is 1. The van der Waals surface area contributed by atoms with Gasteiger partial charge in [-0.15, -0.1) is 0 Å². The Morgan fingerprint density at radius 1 is 1.42 bits per heavy atom. The Hall–Kier alpha value is -2.08. The van der Waals surface area contributed by atoms with Crippen molar-refractivity contribution in [3.8, 4) is 5.75 Å². The molecule has 0 fully saturated rings. The second-order valence-electron chi connectivity index (χ2n) is 4.47. The van der Waals surface area contributed by atoms with Gasteiger partial charge in [-0.05, 0) is 13.0 Å². The summed E-state index contributed by atoms with van der Waals surface area (Å²) in [6.45, 7) is 1.50. The van der Waals surface area contributed by atoms with Crippen molar-refractivity contribution in [2.24, 2.45) is 0 Å². The molecule has 0 aromatic heterocycles. The van der Waals surface area contributed by atoms with Crippen LogP contribution in [0.25, 0.3) is 0 Å². The third-order valence-electron chi connectivity index (χ3n) is 3.06. The molecule has 102 valence electrons. The van der Waals surface area contributed by atoms with Gasteiger partial charge in [0, 0.05) is 5.56 Å². The Morgan fingerprint density at radius 2 is 2.11 bits per heavy atom. The smallest absolute Gasteiger partial charge is 0.328 e. The highest BCUT2D eigenvalue weighted by Gasteiger charge is 2.33. The van der Waals surface area contributed by atoms with Crippen LogP contribution < -0.4 is 10.1 Å². The number of aliphatic hydroxyl groups excluding tert-OH is 1. The maximum atomic E-state index is 12.1. The number of fused-ring (bicyclic) bond motifs is 1. The van der Waals surface area contributed by atoms with Gasteiger partial charge in [0.1, 0.15) is 18.3 Å². The van der Waals surface area contributed by atoms with Crippen LogP contribution in [0.3, 0.4) is 0 Å². The first-order valence-electron chi connectivity index (χ1n) is 5.93. The molecule has 6 heteroatoms. The minimum atomic E-state index is -1.32. The predicted molar refractivity (Wildman–Crippen MR) is 65.9 cm³/mol. The van der Waals surface area contributed by atoms with Crippen LogP contribution in [0.1, 0.15) is 18.4 Å². The van der Waals surface area contributed by atoms with Crippen molar-refractivity contribution < 1.29 is 24.5 Å². The van der Waals surface area contributed by atoms with Gasteiger partial charge in [0.2, 0.25) is 5.91 Å². The van der Waals surface area contributed by atoms with Gasteiger partial charge in [-0.25, -0.2) is 4.79 Å². The lowest BCUT2D eigenvalue weighted by Crippen LogP contribution is -2.49. The number of nitrogens with one attached hydrogen (secondary N) is 1. The number of benzene rings is 1. The molecule has 19 heavy (non-hydrogen) atoms. The predicted octanol–water partition coefficient (Wildman–Crippen LogP) is 0.113. The fourth-order valence-corrected chi connectivity index (χ4v) is 2.02. The summed E-state index contributed by atoms with van der Waals surface area (Å²) in [6.07, 6.45) is -1.17. The minimum absolute atomic E-state index is 0.178. The van der Waals surface area contributed by atoms with E-state index in [4.69, 9.17) is 9.84 Å². The fraction of sp³-hybridized carbons (Fsp3) is 0.385. The first-order valence-corrected chi connectivity index (χ1v) is 5.93. The molecule has 1 aliphatic rings. The van der Waals surface area contributed by atoms with E-state index in [1.807, 2.05) is 0 Å². The maximum absolute atomic E-state index is 12.1. The zero-order valence-electron chi connectivity index (χ0n) is 10.4. The molecule has 0 aliphatic carbocycles. The van der Waals surface area contributed by atoms with Crippen molar-refractivity contribution in [2.45, 2.75) is 25.0 Å². The van der Waals surface area contributed by atoms with Crippen molar-refractivity contribution in [1.82, 2.24) is 5.32 Å². The molecule has 1 aliphatic heterocycles. The van der Waals surface area contributed by atoms with E-state index in [2.05, 4.69) is 5.32 Å². The monoisotopic (exact) mass is 265 g/mol. The molecule has 0 radical (unpaired) electrons. The molecule has 1 heterocycles. The average Bonchev–Trinajstić information content (AvgIpc) is 2.78. The van der Waals surface area contributed by atoms with Gasteiger partial charge < -0.3 is 20.3 Å². The van der Waals surface area contributed by atoms with Crippen LogP contribution in [-0.4, -0.2) is 40.8 Å². The molecule has 0 bridgehead atoms. The van der Waals surface area contributed by atoms with E-state index in [9.17, 15) is 14.7 Å². The van der Waals surface area contributed by atoms with E-state index < -0.39 is 29.9 Å². The van der Waals surface area contributed by atoms with Crippen LogP contribution in [0.4, 0.5) is 0 Å². The molecule has 0 spiro atoms. The molecular formula is C13H15NO5. The summed E-state index contributed by atoms with van der Waals surface area (Å²) in [7, 11) is 0. The number of carbonyl (C=O) groups excluding carboxylic acids is 1. The molecule has 3 unspecified atom stereocenters. The molecule has 3 atom stereocenters. The van der Waals surface area contributed by atoms with E-state index in [1.165, 1.54) is 6.92 Å². The van der Waals surface area contributed by atoms with Crippen molar-refractivity contribution >= 4 is 11.9 Å². The number of para-hydroxylation sites is 1. The van der Waals surface area contributed by atoms with Gasteiger partial charge in [0.05, 0.1) is 6.10 Å². The number of aliphatic carboxylic acids is 1. The Labute approximate surface area is 110 Å². The van der Waals surface area contributed by atoms with Gasteiger partial charge in [-0.2, -0.15) is 0 Å². The number of ether oxygens (including phenoxy) is 1. The maximum Gasteiger partial charge on any atom is 0.328 e. The summed E-state index contributed by atoms with van der Waals surface area (Å²) in [4.78, 5) is 23.0. The molecule has 1 aromatic carbocycles. The molecular weight excluding hydrogens is 250 g/mol. The normalized spacial score (nSPS) is 20.0. The van der Waals surface area contributed by atoms with Crippen LogP contribution in [0.2, 0.25) is 0 Å². The first-order chi connectivity index (χ1) is 9.00. The Morgan fingerprint density at radius 3 is 2.74 bits per heavy atom. The van der Waals surface area contributed by atoms with E-state index in [0.29, 0.717) is 5.75 Å². The quantitative estimate of drug-likeness (QED) is 0.718. The Bertz CT molecular complexity index is 500. The van der Waals surface area contributed by atoms with Crippen molar-refractivity contribution in [1.29, 1.82) is 0 Å². The average molecular weight is 265 g/mol. The molecule has 0 saturated heterocycles. The van der Waals surface area contributed by atoms with Crippen molar-refractivity contribution in [3.05, 3.63) is 29.8 Å². The van der Waals surface area contributed by atoms with E-state index in [1.54, 1.807) is 24.3 Å². The standard InChI is InChI=1S/C13H15NO5/c1-7(15)11(13(17)18)14-12(16)9-6-19-10-5-3-2-4-8(9)10/h2-5,7,9,11,15H,6H2,1H3,(H,14,16)(H,17,18).